The van der Waals surface area contributed by atoms with E-state index < -0.39 is 22.0 Å². The van der Waals surface area contributed by atoms with Crippen LogP contribution in [-0.4, -0.2) is 87.3 Å². The molecule has 162 valence electrons. The number of carbonyl (C=O) groups is 2. The van der Waals surface area contributed by atoms with Gasteiger partial charge in [0.25, 0.3) is 0 Å². The van der Waals surface area contributed by atoms with E-state index in [2.05, 4.69) is 4.99 Å². The molecule has 10 nitrogen and oxygen atoms in total. The Labute approximate surface area is 175 Å². The zero-order chi connectivity index (χ0) is 22.2. The van der Waals surface area contributed by atoms with E-state index in [-0.39, 0.29) is 12.4 Å². The first-order valence-electron chi connectivity index (χ1n) is 8.42. The lowest BCUT2D eigenvalue weighted by Gasteiger charge is -2.21. The minimum absolute atomic E-state index is 0.265. The van der Waals surface area contributed by atoms with E-state index >= 15 is 0 Å². The third-order valence-corrected chi connectivity index (χ3v) is 4.94. The summed E-state index contributed by atoms with van der Waals surface area (Å²) in [7, 11) is 3.31. The van der Waals surface area contributed by atoms with Crippen LogP contribution in [0.2, 0.25) is 0 Å². The number of ether oxygens (including phenoxy) is 2. The van der Waals surface area contributed by atoms with Crippen LogP contribution in [0.3, 0.4) is 0 Å². The molecular weight excluding hydrogens is 420 g/mol. The van der Waals surface area contributed by atoms with Crippen LogP contribution in [-0.2, 0) is 14.6 Å². The highest BCUT2D eigenvalue weighted by atomic mass is 32.2. The molecule has 0 N–H and O–H groups in total. The highest BCUT2D eigenvalue weighted by Gasteiger charge is 2.20. The number of amides is 2. The quantitative estimate of drug-likeness (QED) is 0.340. The van der Waals surface area contributed by atoms with Crippen molar-refractivity contribution in [1.29, 1.82) is 0 Å². The third-order valence-electron chi connectivity index (χ3n) is 3.24. The molecule has 0 saturated carbocycles. The van der Waals surface area contributed by atoms with Gasteiger partial charge in [0.05, 0.1) is 29.9 Å². The van der Waals surface area contributed by atoms with Crippen LogP contribution in [0, 0.1) is 6.92 Å². The van der Waals surface area contributed by atoms with Gasteiger partial charge in [-0.25, -0.2) is 31.6 Å². The number of rotatable bonds is 8. The first-order chi connectivity index (χ1) is 13.4. The molecule has 0 aliphatic carbocycles. The molecule has 0 radical (unpaired) electrons. The van der Waals surface area contributed by atoms with Crippen LogP contribution in [0.5, 0.6) is 5.75 Å². The van der Waals surface area contributed by atoms with Gasteiger partial charge in [-0.2, -0.15) is 0 Å². The van der Waals surface area contributed by atoms with Crippen LogP contribution in [0.25, 0.3) is 0 Å². The summed E-state index contributed by atoms with van der Waals surface area (Å²) in [6.45, 7) is 1.58. The van der Waals surface area contributed by atoms with Gasteiger partial charge in [-0.15, -0.1) is 0 Å². The van der Waals surface area contributed by atoms with Crippen molar-refractivity contribution < 1.29 is 27.5 Å². The van der Waals surface area contributed by atoms with Gasteiger partial charge < -0.3 is 14.4 Å². The van der Waals surface area contributed by atoms with Gasteiger partial charge in [0.1, 0.15) is 12.4 Å². The Morgan fingerprint density at radius 1 is 1.14 bits per heavy atom. The number of aryl methyl sites for hydroxylation is 1. The van der Waals surface area contributed by atoms with E-state index in [1.165, 1.54) is 14.1 Å². The van der Waals surface area contributed by atoms with Crippen molar-refractivity contribution in [2.24, 2.45) is 4.99 Å². The van der Waals surface area contributed by atoms with E-state index in [1.807, 2.05) is 25.9 Å². The number of hydrogen-bond donors (Lipinski definition) is 0. The predicted molar refractivity (Wildman–Crippen MR) is 113 cm³/mol. The molecule has 0 fully saturated rings. The lowest BCUT2D eigenvalue weighted by Crippen LogP contribution is -2.31. The van der Waals surface area contributed by atoms with E-state index in [0.29, 0.717) is 5.75 Å². The molecule has 0 spiro atoms. The second-order valence-corrected chi connectivity index (χ2v) is 9.86. The number of aliphatic imine (C=N–C) groups is 1. The molecule has 0 saturated heterocycles. The highest BCUT2D eigenvalue weighted by molar-refractivity contribution is 7.95. The fourth-order valence-electron chi connectivity index (χ4n) is 1.80. The van der Waals surface area contributed by atoms with Gasteiger partial charge >= 0.3 is 12.2 Å². The number of sulfone groups is 1. The summed E-state index contributed by atoms with van der Waals surface area (Å²) in [5, 5.41) is 0. The summed E-state index contributed by atoms with van der Waals surface area (Å²) < 4.78 is 34.4. The van der Waals surface area contributed by atoms with Crippen molar-refractivity contribution in [2.75, 3.05) is 46.8 Å². The summed E-state index contributed by atoms with van der Waals surface area (Å²) in [6.07, 6.45) is 1.24. The van der Waals surface area contributed by atoms with Gasteiger partial charge in [-0.05, 0) is 30.7 Å². The Morgan fingerprint density at radius 2 is 1.76 bits per heavy atom. The zero-order valence-electron chi connectivity index (χ0n) is 17.3. The molecule has 1 aromatic rings. The molecule has 0 aliphatic heterocycles. The van der Waals surface area contributed by atoms with E-state index in [4.69, 9.17) is 9.47 Å². The fraction of sp³-hybridized carbons (Fsp3) is 0.471. The van der Waals surface area contributed by atoms with Crippen molar-refractivity contribution in [3.63, 3.8) is 0 Å². The van der Waals surface area contributed by atoms with Crippen LogP contribution in [0.1, 0.15) is 5.56 Å². The number of carbonyl (C=O) groups excluding carboxylic acids is 2. The summed E-state index contributed by atoms with van der Waals surface area (Å²) in [4.78, 5) is 30.2. The molecule has 12 heteroatoms. The van der Waals surface area contributed by atoms with Crippen molar-refractivity contribution in [2.45, 2.75) is 6.92 Å². The summed E-state index contributed by atoms with van der Waals surface area (Å²) in [6, 6.07) is 5.03. The van der Waals surface area contributed by atoms with Crippen LogP contribution in [0.4, 0.5) is 15.3 Å². The van der Waals surface area contributed by atoms with Crippen LogP contribution < -0.4 is 4.74 Å². The second kappa shape index (κ2) is 10.9. The maximum Gasteiger partial charge on any atom is 0.426 e. The van der Waals surface area contributed by atoms with E-state index in [1.54, 1.807) is 24.5 Å². The molecule has 0 heterocycles. The second-order valence-electron chi connectivity index (χ2n) is 6.35. The normalized spacial score (nSPS) is 11.2. The highest BCUT2D eigenvalue weighted by Crippen LogP contribution is 2.25. The third kappa shape index (κ3) is 9.52. The van der Waals surface area contributed by atoms with E-state index in [9.17, 15) is 18.0 Å². The molecule has 0 aliphatic rings. The lowest BCUT2D eigenvalue weighted by molar-refractivity contribution is 0.138. The number of hydrogen-bond acceptors (Lipinski definition) is 8. The number of benzene rings is 1. The Balaban J connectivity index is 2.59. The van der Waals surface area contributed by atoms with Gasteiger partial charge in [-0.3, -0.25) is 0 Å². The van der Waals surface area contributed by atoms with Crippen molar-refractivity contribution in [1.82, 2.24) is 13.5 Å². The van der Waals surface area contributed by atoms with E-state index in [0.717, 1.165) is 38.3 Å². The Hall–Kier alpha value is -2.47. The Bertz CT molecular complexity index is 857. The zero-order valence-corrected chi connectivity index (χ0v) is 18.9. The average molecular weight is 447 g/mol. The Kier molecular flexibility index (Phi) is 9.24. The van der Waals surface area contributed by atoms with Crippen molar-refractivity contribution in [3.05, 3.63) is 23.8 Å². The molecule has 1 rings (SSSR count). The summed E-state index contributed by atoms with van der Waals surface area (Å²) in [5.41, 5.74) is 1.58. The molecular formula is C17H26N4O6S2. The molecule has 0 bridgehead atoms. The standard InChI is InChI=1S/C17H26N4O6S2/c1-13-11-14(7-8-15(13)18-12-19(2)3)27-17(23)21(5)28-20(4)16(22)26-9-10-29(6,24)25/h7-8,11-12H,9-10H2,1-6H3. The average Bonchev–Trinajstić information content (AvgIpc) is 2.59. The SMILES string of the molecule is Cc1cc(OC(=O)N(C)SN(C)C(=O)OCCS(C)(=O)=O)ccc1N=CN(C)C. The molecule has 29 heavy (non-hydrogen) atoms. The smallest absolute Gasteiger partial charge is 0.426 e. The molecule has 0 aromatic heterocycles. The topological polar surface area (TPSA) is 109 Å². The van der Waals surface area contributed by atoms with Gasteiger partial charge in [0.15, 0.2) is 9.84 Å². The molecule has 0 atom stereocenters. The maximum atomic E-state index is 12.2. The predicted octanol–water partition coefficient (Wildman–Crippen LogP) is 2.32. The minimum Gasteiger partial charge on any atom is -0.448 e. The largest absolute Gasteiger partial charge is 0.448 e. The first kappa shape index (κ1) is 24.6. The first-order valence-corrected chi connectivity index (χ1v) is 11.2. The van der Waals surface area contributed by atoms with Crippen LogP contribution >= 0.6 is 12.1 Å². The lowest BCUT2D eigenvalue weighted by atomic mass is 10.2. The molecule has 2 amide bonds. The summed E-state index contributed by atoms with van der Waals surface area (Å²) >= 11 is 0.751. The van der Waals surface area contributed by atoms with Crippen molar-refractivity contribution >= 4 is 46.2 Å². The van der Waals surface area contributed by atoms with Gasteiger partial charge in [0.2, 0.25) is 0 Å². The van der Waals surface area contributed by atoms with Crippen molar-refractivity contribution in [3.8, 4) is 5.75 Å². The minimum atomic E-state index is -3.23. The van der Waals surface area contributed by atoms with Gasteiger partial charge in [-0.1, -0.05) is 0 Å². The summed E-state index contributed by atoms with van der Waals surface area (Å²) in [5.74, 6) is 0.0606. The molecule has 0 unspecified atom stereocenters. The van der Waals surface area contributed by atoms with Crippen LogP contribution in [0.15, 0.2) is 23.2 Å². The number of nitrogens with zero attached hydrogens (tertiary/aromatic N) is 4. The monoisotopic (exact) mass is 446 g/mol. The Morgan fingerprint density at radius 3 is 2.31 bits per heavy atom. The van der Waals surface area contributed by atoms with Gasteiger partial charge in [0, 0.05) is 34.4 Å². The maximum absolute atomic E-state index is 12.2. The molecule has 1 aromatic carbocycles. The fourth-order valence-corrected chi connectivity index (χ4v) is 2.78.